The molecular formula is C13H12FNO. The molecule has 2 aromatic rings. The number of benzene rings is 2. The molecule has 0 fully saturated rings. The Morgan fingerprint density at radius 3 is 2.62 bits per heavy atom. The van der Waals surface area contributed by atoms with Crippen molar-refractivity contribution in [3.05, 3.63) is 59.9 Å². The Balaban J connectivity index is 2.05. The highest BCUT2D eigenvalue weighted by Gasteiger charge is 2.01. The normalized spacial score (nSPS) is 10.1. The molecule has 0 unspecified atom stereocenters. The van der Waals surface area contributed by atoms with E-state index in [1.165, 1.54) is 6.07 Å². The highest BCUT2D eigenvalue weighted by molar-refractivity contribution is 5.40. The average Bonchev–Trinajstić information content (AvgIpc) is 2.28. The van der Waals surface area contributed by atoms with Crippen LogP contribution in [0.2, 0.25) is 0 Å². The van der Waals surface area contributed by atoms with Crippen LogP contribution in [0.4, 0.5) is 10.1 Å². The van der Waals surface area contributed by atoms with Crippen LogP contribution < -0.4 is 10.5 Å². The second-order valence-electron chi connectivity index (χ2n) is 3.46. The van der Waals surface area contributed by atoms with Crippen LogP contribution >= 0.6 is 0 Å². The van der Waals surface area contributed by atoms with E-state index < -0.39 is 0 Å². The van der Waals surface area contributed by atoms with Crippen molar-refractivity contribution in [3.8, 4) is 5.75 Å². The lowest BCUT2D eigenvalue weighted by Gasteiger charge is -2.07. The quantitative estimate of drug-likeness (QED) is 0.802. The predicted octanol–water partition coefficient (Wildman–Crippen LogP) is 2.99. The van der Waals surface area contributed by atoms with Gasteiger partial charge < -0.3 is 10.5 Å². The molecule has 3 heteroatoms. The highest BCUT2D eigenvalue weighted by Crippen LogP contribution is 2.17. The molecular weight excluding hydrogens is 205 g/mol. The SMILES string of the molecule is Nc1cccc(COc2ccccc2F)c1. The van der Waals surface area contributed by atoms with Gasteiger partial charge in [-0.15, -0.1) is 0 Å². The number of nitrogen functional groups attached to an aromatic ring is 1. The third-order valence-corrected chi connectivity index (χ3v) is 2.18. The van der Waals surface area contributed by atoms with E-state index in [4.69, 9.17) is 10.5 Å². The van der Waals surface area contributed by atoms with Crippen LogP contribution in [-0.4, -0.2) is 0 Å². The molecule has 0 aliphatic heterocycles. The molecule has 0 amide bonds. The maximum absolute atomic E-state index is 13.2. The minimum Gasteiger partial charge on any atom is -0.486 e. The van der Waals surface area contributed by atoms with Crippen molar-refractivity contribution in [3.63, 3.8) is 0 Å². The summed E-state index contributed by atoms with van der Waals surface area (Å²) in [6.45, 7) is 0.311. The third-order valence-electron chi connectivity index (χ3n) is 2.18. The summed E-state index contributed by atoms with van der Waals surface area (Å²) in [6, 6.07) is 13.7. The lowest BCUT2D eigenvalue weighted by atomic mass is 10.2. The summed E-state index contributed by atoms with van der Waals surface area (Å²) < 4.78 is 18.6. The molecule has 0 saturated heterocycles. The van der Waals surface area contributed by atoms with E-state index in [1.54, 1.807) is 30.3 Å². The Kier molecular flexibility index (Phi) is 3.05. The topological polar surface area (TPSA) is 35.2 Å². The first kappa shape index (κ1) is 10.5. The molecule has 2 N–H and O–H groups in total. The zero-order valence-electron chi connectivity index (χ0n) is 8.69. The van der Waals surface area contributed by atoms with Gasteiger partial charge in [-0.2, -0.15) is 0 Å². The van der Waals surface area contributed by atoms with Gasteiger partial charge in [0.25, 0.3) is 0 Å². The van der Waals surface area contributed by atoms with Crippen molar-refractivity contribution < 1.29 is 9.13 Å². The lowest BCUT2D eigenvalue weighted by Crippen LogP contribution is -1.98. The molecule has 2 nitrogen and oxygen atoms in total. The minimum absolute atomic E-state index is 0.255. The standard InChI is InChI=1S/C13H12FNO/c14-12-6-1-2-7-13(12)16-9-10-4-3-5-11(15)8-10/h1-8H,9,15H2. The largest absolute Gasteiger partial charge is 0.486 e. The van der Waals surface area contributed by atoms with E-state index in [0.717, 1.165) is 5.56 Å². The number of ether oxygens (including phenoxy) is 1. The highest BCUT2D eigenvalue weighted by atomic mass is 19.1. The molecule has 0 radical (unpaired) electrons. The fourth-order valence-corrected chi connectivity index (χ4v) is 1.41. The molecule has 2 aromatic carbocycles. The summed E-state index contributed by atoms with van der Waals surface area (Å²) in [6.07, 6.45) is 0. The predicted molar refractivity (Wildman–Crippen MR) is 61.6 cm³/mol. The molecule has 0 aliphatic carbocycles. The molecule has 0 bridgehead atoms. The van der Waals surface area contributed by atoms with Crippen LogP contribution in [0.5, 0.6) is 5.75 Å². The van der Waals surface area contributed by atoms with E-state index in [1.807, 2.05) is 12.1 Å². The van der Waals surface area contributed by atoms with E-state index in [0.29, 0.717) is 12.3 Å². The Labute approximate surface area is 93.5 Å². The molecule has 0 saturated carbocycles. The van der Waals surface area contributed by atoms with Gasteiger partial charge in [-0.25, -0.2) is 4.39 Å². The third kappa shape index (κ3) is 2.51. The van der Waals surface area contributed by atoms with Gasteiger partial charge in [0.15, 0.2) is 11.6 Å². The number of anilines is 1. The first-order valence-corrected chi connectivity index (χ1v) is 4.97. The second-order valence-corrected chi connectivity index (χ2v) is 3.46. The number of halogens is 1. The van der Waals surface area contributed by atoms with Gasteiger partial charge in [0.2, 0.25) is 0 Å². The lowest BCUT2D eigenvalue weighted by molar-refractivity contribution is 0.290. The van der Waals surface area contributed by atoms with Crippen molar-refractivity contribution in [1.82, 2.24) is 0 Å². The maximum atomic E-state index is 13.2. The Morgan fingerprint density at radius 2 is 1.88 bits per heavy atom. The van der Waals surface area contributed by atoms with E-state index in [9.17, 15) is 4.39 Å². The zero-order valence-corrected chi connectivity index (χ0v) is 8.69. The van der Waals surface area contributed by atoms with Crippen molar-refractivity contribution in [1.29, 1.82) is 0 Å². The van der Waals surface area contributed by atoms with E-state index >= 15 is 0 Å². The number of nitrogens with two attached hydrogens (primary N) is 1. The van der Waals surface area contributed by atoms with Crippen LogP contribution in [0.3, 0.4) is 0 Å². The van der Waals surface area contributed by atoms with Gasteiger partial charge in [-0.05, 0) is 29.8 Å². The monoisotopic (exact) mass is 217 g/mol. The fourth-order valence-electron chi connectivity index (χ4n) is 1.41. The number of para-hydroxylation sites is 1. The van der Waals surface area contributed by atoms with Crippen LogP contribution in [0.15, 0.2) is 48.5 Å². The first-order chi connectivity index (χ1) is 7.75. The summed E-state index contributed by atoms with van der Waals surface area (Å²) in [7, 11) is 0. The number of hydrogen-bond donors (Lipinski definition) is 1. The van der Waals surface area contributed by atoms with Gasteiger partial charge in [0, 0.05) is 5.69 Å². The van der Waals surface area contributed by atoms with Crippen LogP contribution in [0, 0.1) is 5.82 Å². The smallest absolute Gasteiger partial charge is 0.165 e. The molecule has 2 rings (SSSR count). The van der Waals surface area contributed by atoms with Crippen molar-refractivity contribution >= 4 is 5.69 Å². The zero-order chi connectivity index (χ0) is 11.4. The van der Waals surface area contributed by atoms with Crippen molar-refractivity contribution in [2.75, 3.05) is 5.73 Å². The van der Waals surface area contributed by atoms with Crippen molar-refractivity contribution in [2.45, 2.75) is 6.61 Å². The summed E-state index contributed by atoms with van der Waals surface area (Å²) in [4.78, 5) is 0. The van der Waals surface area contributed by atoms with Crippen molar-refractivity contribution in [2.24, 2.45) is 0 Å². The molecule has 0 heterocycles. The van der Waals surface area contributed by atoms with Gasteiger partial charge in [-0.3, -0.25) is 0 Å². The summed E-state index contributed by atoms with van der Waals surface area (Å²) >= 11 is 0. The number of rotatable bonds is 3. The Hall–Kier alpha value is -2.03. The molecule has 16 heavy (non-hydrogen) atoms. The number of hydrogen-bond acceptors (Lipinski definition) is 2. The first-order valence-electron chi connectivity index (χ1n) is 4.97. The van der Waals surface area contributed by atoms with Gasteiger partial charge in [-0.1, -0.05) is 24.3 Å². The van der Waals surface area contributed by atoms with Gasteiger partial charge >= 0.3 is 0 Å². The maximum Gasteiger partial charge on any atom is 0.165 e. The summed E-state index contributed by atoms with van der Waals surface area (Å²) in [5.41, 5.74) is 7.22. The summed E-state index contributed by atoms with van der Waals surface area (Å²) in [5.74, 6) is -0.101. The average molecular weight is 217 g/mol. The van der Waals surface area contributed by atoms with Crippen LogP contribution in [0.1, 0.15) is 5.56 Å². The minimum atomic E-state index is -0.355. The molecule has 0 atom stereocenters. The Morgan fingerprint density at radius 1 is 1.06 bits per heavy atom. The molecule has 0 spiro atoms. The molecule has 82 valence electrons. The van der Waals surface area contributed by atoms with E-state index in [-0.39, 0.29) is 11.6 Å². The second kappa shape index (κ2) is 4.66. The Bertz CT molecular complexity index is 485. The summed E-state index contributed by atoms with van der Waals surface area (Å²) in [5, 5.41) is 0. The van der Waals surface area contributed by atoms with Crippen LogP contribution in [-0.2, 0) is 6.61 Å². The van der Waals surface area contributed by atoms with Gasteiger partial charge in [0.1, 0.15) is 6.61 Å². The van der Waals surface area contributed by atoms with Crippen LogP contribution in [0.25, 0.3) is 0 Å². The molecule has 0 aromatic heterocycles. The van der Waals surface area contributed by atoms with E-state index in [2.05, 4.69) is 0 Å². The van der Waals surface area contributed by atoms with Gasteiger partial charge in [0.05, 0.1) is 0 Å². The molecule has 0 aliphatic rings. The fraction of sp³-hybridized carbons (Fsp3) is 0.0769.